The van der Waals surface area contributed by atoms with Crippen LogP contribution in [0.5, 0.6) is 0 Å². The Balaban J connectivity index is 1.88. The number of hydrogen-bond donors (Lipinski definition) is 1. The zero-order valence-corrected chi connectivity index (χ0v) is 19.2. The van der Waals surface area contributed by atoms with E-state index in [-0.39, 0.29) is 5.78 Å². The van der Waals surface area contributed by atoms with Gasteiger partial charge in [-0.15, -0.1) is 0 Å². The highest BCUT2D eigenvalue weighted by atomic mass is 35.5. The Kier molecular flexibility index (Phi) is 6.25. The number of hydrogen-bond acceptors (Lipinski definition) is 5. The predicted octanol–water partition coefficient (Wildman–Crippen LogP) is 5.49. The van der Waals surface area contributed by atoms with Crippen LogP contribution < -0.4 is 15.5 Å². The molecule has 0 saturated heterocycles. The minimum atomic E-state index is -0.465. The number of benzene rings is 2. The van der Waals surface area contributed by atoms with Crippen LogP contribution in [-0.2, 0) is 4.79 Å². The van der Waals surface area contributed by atoms with Gasteiger partial charge >= 0.3 is 0 Å². The van der Waals surface area contributed by atoms with E-state index in [2.05, 4.69) is 36.9 Å². The second-order valence-corrected chi connectivity index (χ2v) is 8.44. The van der Waals surface area contributed by atoms with Crippen molar-refractivity contribution in [3.63, 3.8) is 0 Å². The minimum Gasteiger partial charge on any atom is -0.384 e. The van der Waals surface area contributed by atoms with Crippen molar-refractivity contribution < 1.29 is 4.79 Å². The van der Waals surface area contributed by atoms with Gasteiger partial charge in [-0.05, 0) is 56.5 Å². The third-order valence-corrected chi connectivity index (χ3v) is 6.68. The Hall–Kier alpha value is -3.23. The monoisotopic (exact) mass is 446 g/mol. The fraction of sp³-hybridized carbons (Fsp3) is 0.308. The van der Waals surface area contributed by atoms with Gasteiger partial charge in [0.1, 0.15) is 5.82 Å². The second-order valence-electron chi connectivity index (χ2n) is 8.03. The number of nitriles is 1. The molecule has 4 rings (SSSR count). The zero-order chi connectivity index (χ0) is 22.8. The summed E-state index contributed by atoms with van der Waals surface area (Å²) in [6.07, 6.45) is 1.93. The van der Waals surface area contributed by atoms with Crippen molar-refractivity contribution in [1.29, 1.82) is 5.26 Å². The highest BCUT2D eigenvalue weighted by molar-refractivity contribution is 6.33. The van der Waals surface area contributed by atoms with Gasteiger partial charge in [-0.2, -0.15) is 5.26 Å². The average Bonchev–Trinajstić information content (AvgIpc) is 2.81. The van der Waals surface area contributed by atoms with E-state index in [1.807, 2.05) is 35.2 Å². The molecule has 0 amide bonds. The third kappa shape index (κ3) is 3.65. The number of rotatable bonds is 5. The van der Waals surface area contributed by atoms with E-state index >= 15 is 0 Å². The molecule has 6 heteroatoms. The van der Waals surface area contributed by atoms with Gasteiger partial charge in [-0.1, -0.05) is 35.9 Å². The summed E-state index contributed by atoms with van der Waals surface area (Å²) in [5.41, 5.74) is 11.2. The molecule has 1 unspecified atom stereocenters. The molecule has 0 fully saturated rings. The van der Waals surface area contributed by atoms with E-state index in [4.69, 9.17) is 17.3 Å². The van der Waals surface area contributed by atoms with E-state index < -0.39 is 5.92 Å². The van der Waals surface area contributed by atoms with Crippen molar-refractivity contribution in [3.8, 4) is 6.07 Å². The summed E-state index contributed by atoms with van der Waals surface area (Å²) in [4.78, 5) is 17.3. The topological polar surface area (TPSA) is 73.4 Å². The molecule has 0 radical (unpaired) electrons. The van der Waals surface area contributed by atoms with Crippen LogP contribution in [0.3, 0.4) is 0 Å². The molecule has 2 aliphatic rings. The summed E-state index contributed by atoms with van der Waals surface area (Å²) >= 11 is 6.49. The van der Waals surface area contributed by atoms with E-state index in [1.165, 1.54) is 0 Å². The lowest BCUT2D eigenvalue weighted by Gasteiger charge is -2.40. The fourth-order valence-corrected chi connectivity index (χ4v) is 5.01. The number of halogens is 1. The number of carbonyl (C=O) groups excluding carboxylic acids is 1. The van der Waals surface area contributed by atoms with Gasteiger partial charge < -0.3 is 10.6 Å². The fourth-order valence-electron chi connectivity index (χ4n) is 4.79. The quantitative estimate of drug-likeness (QED) is 0.657. The van der Waals surface area contributed by atoms with Gasteiger partial charge in [-0.25, -0.2) is 0 Å². The van der Waals surface area contributed by atoms with Gasteiger partial charge in [-0.3, -0.25) is 9.69 Å². The molecule has 2 aromatic carbocycles. The molecule has 0 spiro atoms. The zero-order valence-electron chi connectivity index (χ0n) is 18.4. The first-order valence-corrected chi connectivity index (χ1v) is 11.4. The maximum Gasteiger partial charge on any atom is 0.161 e. The van der Waals surface area contributed by atoms with Crippen molar-refractivity contribution in [1.82, 2.24) is 0 Å². The van der Waals surface area contributed by atoms with Crippen molar-refractivity contribution in [2.24, 2.45) is 5.73 Å². The number of Topliss-reactive ketones (excluding diaryl/α,β-unsaturated/α-hetero) is 1. The predicted molar refractivity (Wildman–Crippen MR) is 129 cm³/mol. The van der Waals surface area contributed by atoms with Crippen LogP contribution in [0.2, 0.25) is 5.02 Å². The Bertz CT molecular complexity index is 1140. The van der Waals surface area contributed by atoms with Crippen LogP contribution in [0, 0.1) is 11.3 Å². The number of anilines is 2. The Morgan fingerprint density at radius 1 is 1.12 bits per heavy atom. The molecule has 0 saturated carbocycles. The summed E-state index contributed by atoms with van der Waals surface area (Å²) in [6.45, 7) is 6.07. The summed E-state index contributed by atoms with van der Waals surface area (Å²) in [7, 11) is 0. The van der Waals surface area contributed by atoms with Gasteiger partial charge in [0.15, 0.2) is 5.78 Å². The molecule has 1 heterocycles. The third-order valence-electron chi connectivity index (χ3n) is 6.36. The lowest BCUT2D eigenvalue weighted by Crippen LogP contribution is -2.38. The van der Waals surface area contributed by atoms with Crippen molar-refractivity contribution >= 4 is 28.8 Å². The van der Waals surface area contributed by atoms with Crippen molar-refractivity contribution in [2.75, 3.05) is 22.9 Å². The van der Waals surface area contributed by atoms with Crippen LogP contribution in [0.15, 0.2) is 71.2 Å². The molecule has 1 atom stereocenters. The first-order chi connectivity index (χ1) is 15.5. The minimum absolute atomic E-state index is 0.0707. The molecule has 32 heavy (non-hydrogen) atoms. The number of nitrogens with two attached hydrogens (primary N) is 1. The summed E-state index contributed by atoms with van der Waals surface area (Å²) in [5, 5.41) is 10.7. The normalized spacial score (nSPS) is 18.5. The van der Waals surface area contributed by atoms with Crippen molar-refractivity contribution in [2.45, 2.75) is 39.0 Å². The number of ketones is 1. The molecule has 1 aliphatic carbocycles. The first kappa shape index (κ1) is 22.0. The van der Waals surface area contributed by atoms with Crippen molar-refractivity contribution in [3.05, 3.63) is 81.8 Å². The Morgan fingerprint density at radius 3 is 2.44 bits per heavy atom. The smallest absolute Gasteiger partial charge is 0.161 e. The maximum atomic E-state index is 13.2. The number of para-hydroxylation sites is 1. The van der Waals surface area contributed by atoms with Gasteiger partial charge in [0, 0.05) is 36.5 Å². The lowest BCUT2D eigenvalue weighted by atomic mass is 9.75. The van der Waals surface area contributed by atoms with Crippen LogP contribution >= 0.6 is 11.6 Å². The average molecular weight is 447 g/mol. The van der Waals surface area contributed by atoms with Crippen LogP contribution in [-0.4, -0.2) is 18.9 Å². The first-order valence-electron chi connectivity index (χ1n) is 11.1. The molecule has 0 bridgehead atoms. The molecular formula is C26H27ClN4O. The van der Waals surface area contributed by atoms with Crippen LogP contribution in [0.25, 0.3) is 0 Å². The highest BCUT2D eigenvalue weighted by Gasteiger charge is 2.40. The van der Waals surface area contributed by atoms with Gasteiger partial charge in [0.2, 0.25) is 0 Å². The maximum absolute atomic E-state index is 13.2. The number of allylic oxidation sites excluding steroid dienone is 3. The second kappa shape index (κ2) is 9.10. The highest BCUT2D eigenvalue weighted by Crippen LogP contribution is 2.47. The molecule has 1 aliphatic heterocycles. The summed E-state index contributed by atoms with van der Waals surface area (Å²) in [5.74, 6) is -0.0551. The number of carbonyl (C=O) groups is 1. The molecular weight excluding hydrogens is 420 g/mol. The lowest BCUT2D eigenvalue weighted by molar-refractivity contribution is -0.116. The molecule has 2 N–H and O–H groups in total. The summed E-state index contributed by atoms with van der Waals surface area (Å²) < 4.78 is 0. The van der Waals surface area contributed by atoms with E-state index in [0.29, 0.717) is 40.5 Å². The van der Waals surface area contributed by atoms with E-state index in [0.717, 1.165) is 36.5 Å². The molecule has 164 valence electrons. The van der Waals surface area contributed by atoms with E-state index in [1.54, 1.807) is 6.07 Å². The Labute approximate surface area is 194 Å². The standard InChI is InChI=1S/C26H27ClN4O/c1-3-30(4-2)18-14-12-17(13-15-18)24-19(16-28)26(29)31(21-9-6-5-8-20(21)27)22-10-7-11-23(32)25(22)24/h5-6,8-9,12-15,24H,3-4,7,10-11,29H2,1-2H3. The van der Waals surface area contributed by atoms with Crippen LogP contribution in [0.4, 0.5) is 11.4 Å². The summed E-state index contributed by atoms with van der Waals surface area (Å²) in [6, 6.07) is 17.8. The Morgan fingerprint density at radius 2 is 1.81 bits per heavy atom. The van der Waals surface area contributed by atoms with Crippen LogP contribution in [0.1, 0.15) is 44.6 Å². The molecule has 0 aromatic heterocycles. The molecule has 5 nitrogen and oxygen atoms in total. The number of nitrogens with zero attached hydrogens (tertiary/aromatic N) is 3. The van der Waals surface area contributed by atoms with E-state index in [9.17, 15) is 10.1 Å². The SMILES string of the molecule is CCN(CC)c1ccc(C2C(C#N)=C(N)N(c3ccccc3Cl)C3=C2C(=O)CCC3)cc1. The van der Waals surface area contributed by atoms with Gasteiger partial charge in [0.25, 0.3) is 0 Å². The van der Waals surface area contributed by atoms with Gasteiger partial charge in [0.05, 0.1) is 28.3 Å². The largest absolute Gasteiger partial charge is 0.384 e. The molecule has 2 aromatic rings.